The monoisotopic (exact) mass is 520 g/mol. The number of hydrogen-bond donors (Lipinski definition) is 2. The molecule has 2 atom stereocenters. The summed E-state index contributed by atoms with van der Waals surface area (Å²) in [5.74, 6) is -0.400. The van der Waals surface area contributed by atoms with Crippen LogP contribution in [0.25, 0.3) is 0 Å². The molecule has 1 aliphatic heterocycles. The van der Waals surface area contributed by atoms with Crippen LogP contribution in [-0.4, -0.2) is 67.5 Å². The minimum atomic E-state index is -0.599. The van der Waals surface area contributed by atoms with Crippen molar-refractivity contribution in [3.05, 3.63) is 88.1 Å². The fraction of sp³-hybridized carbons (Fsp3) is 0.379. The first-order valence-electron chi connectivity index (χ1n) is 12.8. The molecule has 0 bridgehead atoms. The summed E-state index contributed by atoms with van der Waals surface area (Å²) in [6.07, 6.45) is 0.643. The average molecular weight is 521 g/mol. The molecule has 4 rings (SSSR count). The molecular weight excluding hydrogens is 484 g/mol. The van der Waals surface area contributed by atoms with E-state index in [1.165, 1.54) is 10.4 Å². The van der Waals surface area contributed by atoms with Crippen LogP contribution in [0, 0.1) is 0 Å². The van der Waals surface area contributed by atoms with Crippen LogP contribution in [0.1, 0.15) is 29.0 Å². The van der Waals surface area contributed by atoms with Gasteiger partial charge in [-0.1, -0.05) is 48.5 Å². The van der Waals surface area contributed by atoms with Gasteiger partial charge in [0.25, 0.3) is 0 Å². The number of nitrogens with one attached hydrogen (secondary N) is 2. The molecule has 2 heterocycles. The first kappa shape index (κ1) is 26.9. The van der Waals surface area contributed by atoms with Gasteiger partial charge in [0.1, 0.15) is 5.75 Å². The van der Waals surface area contributed by atoms with E-state index >= 15 is 0 Å². The summed E-state index contributed by atoms with van der Waals surface area (Å²) in [5.41, 5.74) is 2.39. The van der Waals surface area contributed by atoms with E-state index in [-0.39, 0.29) is 12.1 Å². The molecule has 2 amide bonds. The predicted molar refractivity (Wildman–Crippen MR) is 148 cm³/mol. The lowest BCUT2D eigenvalue weighted by molar-refractivity contribution is -0.139. The number of thiophene rings is 1. The summed E-state index contributed by atoms with van der Waals surface area (Å²) in [4.78, 5) is 31.3. The lowest BCUT2D eigenvalue weighted by Gasteiger charge is -2.41. The Labute approximate surface area is 223 Å². The molecule has 1 aliphatic rings. The zero-order valence-corrected chi connectivity index (χ0v) is 22.4. The zero-order chi connectivity index (χ0) is 26.0. The number of nitrogens with zero attached hydrogens (tertiary/aromatic N) is 2. The molecule has 1 saturated heterocycles. The third-order valence-corrected chi connectivity index (χ3v) is 7.72. The molecule has 0 radical (unpaired) electrons. The molecule has 0 spiro atoms. The summed E-state index contributed by atoms with van der Waals surface area (Å²) in [7, 11) is 1.63. The maximum atomic E-state index is 12.7. The molecule has 8 heteroatoms. The number of methoxy groups -OCH3 is 1. The van der Waals surface area contributed by atoms with E-state index < -0.39 is 11.8 Å². The Bertz CT molecular complexity index is 1110. The quantitative estimate of drug-likeness (QED) is 0.401. The summed E-state index contributed by atoms with van der Waals surface area (Å²) < 4.78 is 5.17. The zero-order valence-electron chi connectivity index (χ0n) is 21.6. The Morgan fingerprint density at radius 2 is 1.65 bits per heavy atom. The largest absolute Gasteiger partial charge is 0.497 e. The molecule has 7 nitrogen and oxygen atoms in total. The highest BCUT2D eigenvalue weighted by Crippen LogP contribution is 2.29. The molecule has 1 fully saturated rings. The van der Waals surface area contributed by atoms with Gasteiger partial charge in [-0.25, -0.2) is 0 Å². The Kier molecular flexibility index (Phi) is 9.71. The number of hydrogen-bond acceptors (Lipinski definition) is 6. The molecule has 0 unspecified atom stereocenters. The Hall–Kier alpha value is -3.20. The van der Waals surface area contributed by atoms with Crippen molar-refractivity contribution in [2.24, 2.45) is 0 Å². The van der Waals surface area contributed by atoms with E-state index in [0.717, 1.165) is 44.0 Å². The van der Waals surface area contributed by atoms with Gasteiger partial charge in [0.15, 0.2) is 0 Å². The van der Waals surface area contributed by atoms with Crippen molar-refractivity contribution in [1.29, 1.82) is 0 Å². The number of benzene rings is 2. The number of amides is 2. The summed E-state index contributed by atoms with van der Waals surface area (Å²) in [6, 6.07) is 22.2. The summed E-state index contributed by atoms with van der Waals surface area (Å²) >= 11 is 1.69. The van der Waals surface area contributed by atoms with E-state index in [1.807, 2.05) is 43.3 Å². The highest BCUT2D eigenvalue weighted by Gasteiger charge is 2.31. The summed E-state index contributed by atoms with van der Waals surface area (Å²) in [6.45, 7) is 7.06. The number of carbonyl (C=O) groups is 2. The van der Waals surface area contributed by atoms with Crippen molar-refractivity contribution in [3.63, 3.8) is 0 Å². The molecule has 196 valence electrons. The van der Waals surface area contributed by atoms with Crippen LogP contribution in [-0.2, 0) is 22.6 Å². The van der Waals surface area contributed by atoms with Crippen molar-refractivity contribution in [2.75, 3.05) is 39.8 Å². The van der Waals surface area contributed by atoms with Gasteiger partial charge in [0, 0.05) is 50.2 Å². The van der Waals surface area contributed by atoms with Gasteiger partial charge < -0.3 is 15.4 Å². The topological polar surface area (TPSA) is 73.9 Å². The third-order valence-electron chi connectivity index (χ3n) is 6.78. The van der Waals surface area contributed by atoms with Crippen LogP contribution >= 0.6 is 11.3 Å². The van der Waals surface area contributed by atoms with Crippen LogP contribution in [0.4, 0.5) is 0 Å². The fourth-order valence-electron chi connectivity index (χ4n) is 4.79. The number of rotatable bonds is 10. The second-order valence-electron chi connectivity index (χ2n) is 9.37. The van der Waals surface area contributed by atoms with E-state index in [2.05, 4.69) is 56.1 Å². The molecule has 2 aromatic carbocycles. The van der Waals surface area contributed by atoms with Crippen molar-refractivity contribution in [3.8, 4) is 5.75 Å². The van der Waals surface area contributed by atoms with Gasteiger partial charge in [0.2, 0.25) is 0 Å². The van der Waals surface area contributed by atoms with Crippen molar-refractivity contribution in [2.45, 2.75) is 32.0 Å². The standard InChI is InChI=1S/C29H36N4O3S/c1-22(31-29(35)28(34)30-15-14-23-10-12-25(36-2)13-11-23)27(26-9-6-20-37-26)33-18-16-32(17-19-33)21-24-7-4-3-5-8-24/h3-13,20,22,27H,14-19,21H2,1-2H3,(H,30,34)(H,31,35)/t22-,27+/m0/s1. The lowest BCUT2D eigenvalue weighted by Crippen LogP contribution is -2.53. The SMILES string of the molecule is COc1ccc(CCNC(=O)C(=O)N[C@@H](C)[C@H](c2cccs2)N2CCN(Cc3ccccc3)CC2)cc1. The van der Waals surface area contributed by atoms with Crippen LogP contribution in [0.2, 0.25) is 0 Å². The minimum Gasteiger partial charge on any atom is -0.497 e. The highest BCUT2D eigenvalue weighted by atomic mass is 32.1. The van der Waals surface area contributed by atoms with E-state index in [4.69, 9.17) is 4.74 Å². The molecule has 37 heavy (non-hydrogen) atoms. The van der Waals surface area contributed by atoms with Gasteiger partial charge in [-0.05, 0) is 48.1 Å². The number of ether oxygens (including phenoxy) is 1. The van der Waals surface area contributed by atoms with Gasteiger partial charge in [-0.3, -0.25) is 19.4 Å². The van der Waals surface area contributed by atoms with Crippen LogP contribution < -0.4 is 15.4 Å². The third kappa shape index (κ3) is 7.64. The van der Waals surface area contributed by atoms with Gasteiger partial charge in [0.05, 0.1) is 13.2 Å². The Morgan fingerprint density at radius 3 is 2.30 bits per heavy atom. The molecular formula is C29H36N4O3S. The second-order valence-corrected chi connectivity index (χ2v) is 10.4. The smallest absolute Gasteiger partial charge is 0.309 e. The van der Waals surface area contributed by atoms with Crippen molar-refractivity contribution in [1.82, 2.24) is 20.4 Å². The van der Waals surface area contributed by atoms with Crippen LogP contribution in [0.3, 0.4) is 0 Å². The number of carbonyl (C=O) groups excluding carboxylic acids is 2. The van der Waals surface area contributed by atoms with E-state index in [0.29, 0.717) is 13.0 Å². The Morgan fingerprint density at radius 1 is 0.919 bits per heavy atom. The maximum Gasteiger partial charge on any atom is 0.309 e. The maximum absolute atomic E-state index is 12.7. The molecule has 3 aromatic rings. The van der Waals surface area contributed by atoms with Gasteiger partial charge >= 0.3 is 11.8 Å². The van der Waals surface area contributed by atoms with E-state index in [1.54, 1.807) is 18.4 Å². The van der Waals surface area contributed by atoms with E-state index in [9.17, 15) is 9.59 Å². The van der Waals surface area contributed by atoms with Crippen molar-refractivity contribution < 1.29 is 14.3 Å². The van der Waals surface area contributed by atoms with Crippen molar-refractivity contribution >= 4 is 23.2 Å². The number of piperazine rings is 1. The molecule has 2 N–H and O–H groups in total. The average Bonchev–Trinajstić information content (AvgIpc) is 3.45. The molecule has 1 aromatic heterocycles. The first-order valence-corrected chi connectivity index (χ1v) is 13.7. The minimum absolute atomic E-state index is 0.0231. The second kappa shape index (κ2) is 13.4. The summed E-state index contributed by atoms with van der Waals surface area (Å²) in [5, 5.41) is 7.78. The fourth-order valence-corrected chi connectivity index (χ4v) is 5.75. The lowest BCUT2D eigenvalue weighted by atomic mass is 10.0. The highest BCUT2D eigenvalue weighted by molar-refractivity contribution is 7.10. The normalized spacial score (nSPS) is 16.1. The molecule has 0 aliphatic carbocycles. The van der Waals surface area contributed by atoms with Gasteiger partial charge in [-0.2, -0.15) is 0 Å². The van der Waals surface area contributed by atoms with Crippen LogP contribution in [0.5, 0.6) is 5.75 Å². The molecule has 0 saturated carbocycles. The van der Waals surface area contributed by atoms with Crippen LogP contribution in [0.15, 0.2) is 72.1 Å². The Balaban J connectivity index is 1.28. The predicted octanol–water partition coefficient (Wildman–Crippen LogP) is 3.48. The first-order chi connectivity index (χ1) is 18.0. The van der Waals surface area contributed by atoms with Gasteiger partial charge in [-0.15, -0.1) is 11.3 Å².